The van der Waals surface area contributed by atoms with Crippen LogP contribution in [-0.4, -0.2) is 22.8 Å². The summed E-state index contributed by atoms with van der Waals surface area (Å²) < 4.78 is 10.6. The molecule has 0 bridgehead atoms. The molecule has 5 nitrogen and oxygen atoms in total. The van der Waals surface area contributed by atoms with Crippen molar-refractivity contribution in [3.8, 4) is 0 Å². The fourth-order valence-corrected chi connectivity index (χ4v) is 1.73. The molecule has 1 aliphatic heterocycles. The van der Waals surface area contributed by atoms with E-state index in [0.717, 1.165) is 12.2 Å². The number of aromatic nitrogens is 2. The SMILES string of the molecule is N[C@H]1CCO[C@H]1c1nc(C2CC2)no1. The molecule has 76 valence electrons. The van der Waals surface area contributed by atoms with Crippen molar-refractivity contribution in [3.05, 3.63) is 11.7 Å². The summed E-state index contributed by atoms with van der Waals surface area (Å²) in [6.45, 7) is 0.687. The van der Waals surface area contributed by atoms with Gasteiger partial charge in [-0.15, -0.1) is 0 Å². The molecular weight excluding hydrogens is 182 g/mol. The highest BCUT2D eigenvalue weighted by molar-refractivity contribution is 5.05. The summed E-state index contributed by atoms with van der Waals surface area (Å²) in [7, 11) is 0. The molecule has 0 aromatic carbocycles. The molecule has 0 radical (unpaired) electrons. The van der Waals surface area contributed by atoms with Crippen molar-refractivity contribution in [2.75, 3.05) is 6.61 Å². The molecular formula is C9H13N3O2. The lowest BCUT2D eigenvalue weighted by atomic mass is 10.1. The summed E-state index contributed by atoms with van der Waals surface area (Å²) in [4.78, 5) is 4.32. The van der Waals surface area contributed by atoms with Gasteiger partial charge >= 0.3 is 0 Å². The van der Waals surface area contributed by atoms with Gasteiger partial charge in [-0.2, -0.15) is 4.98 Å². The Morgan fingerprint density at radius 1 is 1.29 bits per heavy atom. The zero-order valence-corrected chi connectivity index (χ0v) is 7.85. The molecule has 2 fully saturated rings. The monoisotopic (exact) mass is 195 g/mol. The summed E-state index contributed by atoms with van der Waals surface area (Å²) >= 11 is 0. The lowest BCUT2D eigenvalue weighted by Gasteiger charge is -2.07. The van der Waals surface area contributed by atoms with Crippen molar-refractivity contribution in [1.82, 2.24) is 10.1 Å². The topological polar surface area (TPSA) is 74.2 Å². The third-order valence-electron chi connectivity index (χ3n) is 2.78. The van der Waals surface area contributed by atoms with Gasteiger partial charge in [0, 0.05) is 18.6 Å². The number of ether oxygens (including phenoxy) is 1. The van der Waals surface area contributed by atoms with Gasteiger partial charge in [0.05, 0.1) is 0 Å². The van der Waals surface area contributed by atoms with Crippen molar-refractivity contribution in [3.63, 3.8) is 0 Å². The molecule has 1 aromatic rings. The van der Waals surface area contributed by atoms with Crippen molar-refractivity contribution in [2.45, 2.75) is 37.3 Å². The fraction of sp³-hybridized carbons (Fsp3) is 0.778. The minimum atomic E-state index is -0.185. The maximum Gasteiger partial charge on any atom is 0.257 e. The maximum atomic E-state index is 5.86. The van der Waals surface area contributed by atoms with Gasteiger partial charge in [0.15, 0.2) is 11.9 Å². The van der Waals surface area contributed by atoms with Gasteiger partial charge < -0.3 is 15.0 Å². The molecule has 0 spiro atoms. The van der Waals surface area contributed by atoms with Crippen molar-refractivity contribution in [2.24, 2.45) is 5.73 Å². The van der Waals surface area contributed by atoms with E-state index in [1.54, 1.807) is 0 Å². The van der Waals surface area contributed by atoms with Crippen LogP contribution in [0.15, 0.2) is 4.52 Å². The Morgan fingerprint density at radius 2 is 2.14 bits per heavy atom. The van der Waals surface area contributed by atoms with E-state index in [2.05, 4.69) is 10.1 Å². The van der Waals surface area contributed by atoms with E-state index >= 15 is 0 Å². The Bertz CT molecular complexity index is 335. The predicted octanol–water partition coefficient (Wildman–Crippen LogP) is 0.736. The van der Waals surface area contributed by atoms with Gasteiger partial charge in [-0.05, 0) is 19.3 Å². The van der Waals surface area contributed by atoms with Crippen molar-refractivity contribution in [1.29, 1.82) is 0 Å². The first kappa shape index (κ1) is 8.38. The van der Waals surface area contributed by atoms with E-state index in [1.807, 2.05) is 0 Å². The molecule has 2 heterocycles. The van der Waals surface area contributed by atoms with Crippen LogP contribution >= 0.6 is 0 Å². The Balaban J connectivity index is 1.81. The van der Waals surface area contributed by atoms with Crippen LogP contribution in [0.2, 0.25) is 0 Å². The second-order valence-electron chi connectivity index (χ2n) is 4.01. The Labute approximate surface area is 81.6 Å². The van der Waals surface area contributed by atoms with E-state index in [9.17, 15) is 0 Å². The predicted molar refractivity (Wildman–Crippen MR) is 47.6 cm³/mol. The summed E-state index contributed by atoms with van der Waals surface area (Å²) in [6, 6.07) is 0.00232. The first-order chi connectivity index (χ1) is 6.84. The summed E-state index contributed by atoms with van der Waals surface area (Å²) in [5.41, 5.74) is 5.86. The lowest BCUT2D eigenvalue weighted by Crippen LogP contribution is -2.23. The minimum absolute atomic E-state index is 0.00232. The molecule has 1 aliphatic carbocycles. The third-order valence-corrected chi connectivity index (χ3v) is 2.78. The zero-order chi connectivity index (χ0) is 9.54. The molecule has 1 saturated carbocycles. The third kappa shape index (κ3) is 1.33. The Morgan fingerprint density at radius 3 is 2.79 bits per heavy atom. The second-order valence-corrected chi connectivity index (χ2v) is 4.01. The van der Waals surface area contributed by atoms with Gasteiger partial charge in [-0.3, -0.25) is 0 Å². The Hall–Kier alpha value is -0.940. The first-order valence-corrected chi connectivity index (χ1v) is 5.05. The van der Waals surface area contributed by atoms with E-state index in [4.69, 9.17) is 15.0 Å². The number of hydrogen-bond donors (Lipinski definition) is 1. The molecule has 2 atom stereocenters. The van der Waals surface area contributed by atoms with E-state index in [1.165, 1.54) is 12.8 Å². The highest BCUT2D eigenvalue weighted by Gasteiger charge is 2.34. The van der Waals surface area contributed by atoms with Crippen LogP contribution in [0.4, 0.5) is 0 Å². The number of nitrogens with zero attached hydrogens (tertiary/aromatic N) is 2. The zero-order valence-electron chi connectivity index (χ0n) is 7.85. The standard InChI is InChI=1S/C9H13N3O2/c10-6-3-4-13-7(6)9-11-8(12-14-9)5-1-2-5/h5-7H,1-4,10H2/t6-,7+/m0/s1. The van der Waals surface area contributed by atoms with Crippen LogP contribution in [0.3, 0.4) is 0 Å². The normalized spacial score (nSPS) is 32.4. The van der Waals surface area contributed by atoms with Gasteiger partial charge in [0.2, 0.25) is 0 Å². The van der Waals surface area contributed by atoms with Crippen LogP contribution in [0.5, 0.6) is 0 Å². The number of nitrogens with two attached hydrogens (primary N) is 1. The molecule has 2 N–H and O–H groups in total. The van der Waals surface area contributed by atoms with Crippen LogP contribution in [0, 0.1) is 0 Å². The molecule has 5 heteroatoms. The van der Waals surface area contributed by atoms with Gasteiger partial charge in [-0.25, -0.2) is 0 Å². The second kappa shape index (κ2) is 3.03. The summed E-state index contributed by atoms with van der Waals surface area (Å²) in [5.74, 6) is 1.89. The molecule has 1 saturated heterocycles. The average Bonchev–Trinajstić information content (AvgIpc) is 2.75. The van der Waals surface area contributed by atoms with Crippen LogP contribution in [0.25, 0.3) is 0 Å². The molecule has 1 aromatic heterocycles. The number of hydrogen-bond acceptors (Lipinski definition) is 5. The quantitative estimate of drug-likeness (QED) is 0.753. The highest BCUT2D eigenvalue weighted by Crippen LogP contribution is 2.39. The summed E-state index contributed by atoms with van der Waals surface area (Å²) in [5, 5.41) is 3.94. The van der Waals surface area contributed by atoms with E-state index in [-0.39, 0.29) is 12.1 Å². The maximum absolute atomic E-state index is 5.86. The highest BCUT2D eigenvalue weighted by atomic mass is 16.5. The van der Waals surface area contributed by atoms with Gasteiger partial charge in [0.25, 0.3) is 5.89 Å². The molecule has 0 unspecified atom stereocenters. The van der Waals surface area contributed by atoms with Crippen molar-refractivity contribution >= 4 is 0 Å². The lowest BCUT2D eigenvalue weighted by molar-refractivity contribution is 0.0767. The van der Waals surface area contributed by atoms with E-state index < -0.39 is 0 Å². The largest absolute Gasteiger partial charge is 0.367 e. The molecule has 2 aliphatic rings. The van der Waals surface area contributed by atoms with E-state index in [0.29, 0.717) is 18.4 Å². The first-order valence-electron chi connectivity index (χ1n) is 5.05. The molecule has 0 amide bonds. The van der Waals surface area contributed by atoms with Crippen molar-refractivity contribution < 1.29 is 9.26 Å². The van der Waals surface area contributed by atoms with Crippen LogP contribution < -0.4 is 5.73 Å². The van der Waals surface area contributed by atoms with Crippen LogP contribution in [0.1, 0.15) is 43.0 Å². The average molecular weight is 195 g/mol. The fourth-order valence-electron chi connectivity index (χ4n) is 1.73. The van der Waals surface area contributed by atoms with Crippen LogP contribution in [-0.2, 0) is 4.74 Å². The summed E-state index contributed by atoms with van der Waals surface area (Å²) in [6.07, 6.45) is 3.04. The Kier molecular flexibility index (Phi) is 1.81. The van der Waals surface area contributed by atoms with Gasteiger partial charge in [-0.1, -0.05) is 5.16 Å². The number of rotatable bonds is 2. The smallest absolute Gasteiger partial charge is 0.257 e. The molecule has 3 rings (SSSR count). The minimum Gasteiger partial charge on any atom is -0.367 e. The van der Waals surface area contributed by atoms with Gasteiger partial charge in [0.1, 0.15) is 0 Å². The molecule has 14 heavy (non-hydrogen) atoms.